The molecule has 0 saturated heterocycles. The number of ether oxygens (including phenoxy) is 4. The Balaban J connectivity index is 1.59. The van der Waals surface area contributed by atoms with Crippen molar-refractivity contribution in [1.82, 2.24) is 20.2 Å². The molecule has 11 heteroatoms. The SMILES string of the molecule is CCOC(=O)[C@@]12C[C@H]1/C=C\CCCCN(C)C(=O)[C@@H]1C[C@H](Oc3cc(OC)nc(OC)n3)C[C@H]1C(=O)N2. The highest BCUT2D eigenvalue weighted by Gasteiger charge is 2.62. The summed E-state index contributed by atoms with van der Waals surface area (Å²) in [7, 11) is 4.68. The van der Waals surface area contributed by atoms with Crippen molar-refractivity contribution in [3.63, 3.8) is 0 Å². The van der Waals surface area contributed by atoms with Crippen molar-refractivity contribution < 1.29 is 33.3 Å². The zero-order valence-electron chi connectivity index (χ0n) is 21.9. The Morgan fingerprint density at radius 2 is 1.89 bits per heavy atom. The van der Waals surface area contributed by atoms with Crippen LogP contribution in [0.5, 0.6) is 17.8 Å². The predicted octanol–water partition coefficient (Wildman–Crippen LogP) is 1.90. The van der Waals surface area contributed by atoms with E-state index in [1.807, 2.05) is 6.08 Å². The monoisotopic (exact) mass is 516 g/mol. The third-order valence-corrected chi connectivity index (χ3v) is 7.37. The summed E-state index contributed by atoms with van der Waals surface area (Å²) in [5, 5.41) is 2.98. The number of hydrogen-bond donors (Lipinski definition) is 1. The molecule has 4 rings (SSSR count). The molecule has 1 aromatic heterocycles. The van der Waals surface area contributed by atoms with Gasteiger partial charge in [0.05, 0.1) is 38.7 Å². The van der Waals surface area contributed by atoms with Gasteiger partial charge in [0.15, 0.2) is 0 Å². The second-order valence-electron chi connectivity index (χ2n) is 9.83. The predicted molar refractivity (Wildman–Crippen MR) is 132 cm³/mol. The molecule has 2 saturated carbocycles. The molecule has 1 N–H and O–H groups in total. The maximum absolute atomic E-state index is 13.6. The second kappa shape index (κ2) is 11.4. The number of fused-ring (bicyclic) bond motifs is 2. The number of rotatable bonds is 6. The van der Waals surface area contributed by atoms with Gasteiger partial charge in [-0.05, 0) is 45.4 Å². The van der Waals surface area contributed by atoms with Crippen LogP contribution in [-0.2, 0) is 19.1 Å². The Bertz CT molecular complexity index is 1030. The molecular weight excluding hydrogens is 480 g/mol. The van der Waals surface area contributed by atoms with Crippen LogP contribution in [0.15, 0.2) is 18.2 Å². The van der Waals surface area contributed by atoms with Crippen molar-refractivity contribution in [3.05, 3.63) is 18.2 Å². The Kier molecular flexibility index (Phi) is 8.19. The van der Waals surface area contributed by atoms with Gasteiger partial charge in [0, 0.05) is 19.5 Å². The fourth-order valence-corrected chi connectivity index (χ4v) is 5.25. The minimum atomic E-state index is -1.08. The lowest BCUT2D eigenvalue weighted by molar-refractivity contribution is -0.150. The van der Waals surface area contributed by atoms with Gasteiger partial charge in [0.2, 0.25) is 23.6 Å². The number of aromatic nitrogens is 2. The van der Waals surface area contributed by atoms with E-state index in [1.54, 1.807) is 18.9 Å². The first-order chi connectivity index (χ1) is 17.8. The van der Waals surface area contributed by atoms with E-state index in [1.165, 1.54) is 20.3 Å². The fraction of sp³-hybridized carbons (Fsp3) is 0.654. The fourth-order valence-electron chi connectivity index (χ4n) is 5.25. The number of esters is 1. The molecule has 0 radical (unpaired) electrons. The van der Waals surface area contributed by atoms with Gasteiger partial charge in [-0.15, -0.1) is 0 Å². The molecule has 1 aromatic rings. The highest BCUT2D eigenvalue weighted by atomic mass is 16.5. The van der Waals surface area contributed by atoms with Crippen molar-refractivity contribution in [2.75, 3.05) is 34.4 Å². The van der Waals surface area contributed by atoms with Crippen LogP contribution >= 0.6 is 0 Å². The third-order valence-electron chi connectivity index (χ3n) is 7.37. The molecule has 0 bridgehead atoms. The van der Waals surface area contributed by atoms with Gasteiger partial charge in [-0.25, -0.2) is 4.79 Å². The van der Waals surface area contributed by atoms with E-state index in [0.29, 0.717) is 25.8 Å². The normalized spacial score (nSPS) is 30.8. The van der Waals surface area contributed by atoms with Crippen LogP contribution in [-0.4, -0.2) is 78.7 Å². The molecule has 0 unspecified atom stereocenters. The van der Waals surface area contributed by atoms with Crippen LogP contribution in [0.25, 0.3) is 0 Å². The quantitative estimate of drug-likeness (QED) is 0.445. The molecule has 3 aliphatic rings. The summed E-state index contributed by atoms with van der Waals surface area (Å²) in [5.41, 5.74) is -1.08. The van der Waals surface area contributed by atoms with Crippen molar-refractivity contribution in [2.24, 2.45) is 17.8 Å². The maximum Gasteiger partial charge on any atom is 0.332 e. The van der Waals surface area contributed by atoms with Crippen LogP contribution in [0.1, 0.15) is 45.4 Å². The van der Waals surface area contributed by atoms with Gasteiger partial charge in [-0.1, -0.05) is 12.2 Å². The maximum atomic E-state index is 13.6. The van der Waals surface area contributed by atoms with Crippen LogP contribution in [0.4, 0.5) is 0 Å². The Hall–Kier alpha value is -3.37. The van der Waals surface area contributed by atoms with Gasteiger partial charge in [0.25, 0.3) is 0 Å². The van der Waals surface area contributed by atoms with E-state index < -0.39 is 29.4 Å². The van der Waals surface area contributed by atoms with Crippen LogP contribution in [0.3, 0.4) is 0 Å². The van der Waals surface area contributed by atoms with Crippen LogP contribution in [0, 0.1) is 17.8 Å². The molecule has 37 heavy (non-hydrogen) atoms. The Labute approximate surface area is 216 Å². The molecule has 2 fully saturated rings. The number of allylic oxidation sites excluding steroid dienone is 1. The largest absolute Gasteiger partial charge is 0.481 e. The molecule has 0 aromatic carbocycles. The third kappa shape index (κ3) is 5.80. The average molecular weight is 517 g/mol. The van der Waals surface area contributed by atoms with Crippen molar-refractivity contribution in [1.29, 1.82) is 0 Å². The zero-order valence-corrected chi connectivity index (χ0v) is 21.9. The molecule has 2 amide bonds. The topological polar surface area (TPSA) is 129 Å². The second-order valence-corrected chi connectivity index (χ2v) is 9.83. The van der Waals surface area contributed by atoms with Crippen molar-refractivity contribution >= 4 is 17.8 Å². The van der Waals surface area contributed by atoms with Gasteiger partial charge in [-0.2, -0.15) is 9.97 Å². The minimum absolute atomic E-state index is 0.0868. The lowest BCUT2D eigenvalue weighted by Crippen LogP contribution is -2.50. The average Bonchev–Trinajstić information content (AvgIpc) is 3.42. The highest BCUT2D eigenvalue weighted by Crippen LogP contribution is 2.47. The van der Waals surface area contributed by atoms with Gasteiger partial charge in [0.1, 0.15) is 11.6 Å². The summed E-state index contributed by atoms with van der Waals surface area (Å²) in [6.45, 7) is 2.58. The summed E-state index contributed by atoms with van der Waals surface area (Å²) < 4.78 is 21.7. The molecule has 11 nitrogen and oxygen atoms in total. The van der Waals surface area contributed by atoms with Gasteiger partial charge in [-0.3, -0.25) is 9.59 Å². The van der Waals surface area contributed by atoms with Gasteiger partial charge < -0.3 is 29.2 Å². The minimum Gasteiger partial charge on any atom is -0.481 e. The van der Waals surface area contributed by atoms with Crippen LogP contribution in [0.2, 0.25) is 0 Å². The first-order valence-corrected chi connectivity index (χ1v) is 12.9. The lowest BCUT2D eigenvalue weighted by Gasteiger charge is -2.26. The van der Waals surface area contributed by atoms with E-state index in [0.717, 1.165) is 19.3 Å². The first kappa shape index (κ1) is 26.7. The number of amides is 2. The summed E-state index contributed by atoms with van der Waals surface area (Å²) >= 11 is 0. The number of nitrogens with zero attached hydrogens (tertiary/aromatic N) is 3. The molecule has 202 valence electrons. The van der Waals surface area contributed by atoms with Crippen LogP contribution < -0.4 is 19.5 Å². The van der Waals surface area contributed by atoms with Crippen molar-refractivity contribution in [2.45, 2.75) is 57.1 Å². The lowest BCUT2D eigenvalue weighted by atomic mass is 9.93. The Morgan fingerprint density at radius 3 is 2.62 bits per heavy atom. The molecule has 0 spiro atoms. The highest BCUT2D eigenvalue weighted by molar-refractivity contribution is 5.95. The number of hydrogen-bond acceptors (Lipinski definition) is 9. The number of methoxy groups -OCH3 is 2. The zero-order chi connectivity index (χ0) is 26.6. The number of nitrogens with one attached hydrogen (secondary N) is 1. The molecule has 2 aliphatic carbocycles. The van der Waals surface area contributed by atoms with Crippen molar-refractivity contribution in [3.8, 4) is 17.8 Å². The smallest absolute Gasteiger partial charge is 0.332 e. The molecule has 2 heterocycles. The summed E-state index contributed by atoms with van der Waals surface area (Å²) in [6.07, 6.45) is 7.35. The van der Waals surface area contributed by atoms with E-state index >= 15 is 0 Å². The summed E-state index contributed by atoms with van der Waals surface area (Å²) in [5.74, 6) is -1.74. The van der Waals surface area contributed by atoms with Gasteiger partial charge >= 0.3 is 12.0 Å². The standard InChI is InChI=1S/C26H36N4O7/c1-5-36-24(33)26-15-16(26)10-8-6-7-9-11-30(2)23(32)19-13-17(12-18(19)22(31)29-26)37-21-14-20(34-3)27-25(28-21)35-4/h8,10,14,16-19H,5-7,9,11-13,15H2,1-4H3,(H,29,31)/b10-8-/t16-,17-,18-,19-,26-/m1/s1. The Morgan fingerprint density at radius 1 is 1.14 bits per heavy atom. The van der Waals surface area contributed by atoms with E-state index in [9.17, 15) is 14.4 Å². The summed E-state index contributed by atoms with van der Waals surface area (Å²) in [4.78, 5) is 50.0. The number of carbonyl (C=O) groups is 3. The van der Waals surface area contributed by atoms with E-state index in [4.69, 9.17) is 18.9 Å². The number of carbonyl (C=O) groups excluding carboxylic acids is 3. The van der Waals surface area contributed by atoms with E-state index in [2.05, 4.69) is 21.4 Å². The first-order valence-electron chi connectivity index (χ1n) is 12.9. The molecule has 1 aliphatic heterocycles. The molecular formula is C26H36N4O7. The summed E-state index contributed by atoms with van der Waals surface area (Å²) in [6, 6.07) is 1.62. The van der Waals surface area contributed by atoms with E-state index in [-0.39, 0.29) is 42.1 Å². The molecule has 5 atom stereocenters.